The van der Waals surface area contributed by atoms with Crippen LogP contribution in [0.15, 0.2) is 78.9 Å². The minimum absolute atomic E-state index is 0.177. The van der Waals surface area contributed by atoms with E-state index in [1.165, 1.54) is 0 Å². The van der Waals surface area contributed by atoms with Crippen molar-refractivity contribution >= 4 is 17.9 Å². The van der Waals surface area contributed by atoms with Gasteiger partial charge in [-0.2, -0.15) is 0 Å². The molecule has 1 amide bonds. The number of benzene rings is 3. The Morgan fingerprint density at radius 3 is 2.13 bits per heavy atom. The fourth-order valence-corrected chi connectivity index (χ4v) is 2.39. The first-order chi connectivity index (χ1) is 11.3. The van der Waals surface area contributed by atoms with E-state index in [4.69, 9.17) is 0 Å². The third-order valence-electron chi connectivity index (χ3n) is 3.56. The van der Waals surface area contributed by atoms with E-state index >= 15 is 0 Å². The van der Waals surface area contributed by atoms with Crippen molar-refractivity contribution in [2.24, 2.45) is 0 Å². The van der Waals surface area contributed by atoms with Crippen molar-refractivity contribution in [1.29, 1.82) is 0 Å². The molecule has 0 bridgehead atoms. The molecular weight excluding hydrogens is 286 g/mol. The molecule has 3 heteroatoms. The van der Waals surface area contributed by atoms with Gasteiger partial charge in [0.15, 0.2) is 0 Å². The summed E-state index contributed by atoms with van der Waals surface area (Å²) in [5.74, 6) is -0.177. The van der Waals surface area contributed by atoms with Crippen molar-refractivity contribution in [2.45, 2.75) is 0 Å². The Labute approximate surface area is 134 Å². The molecule has 0 saturated heterocycles. The van der Waals surface area contributed by atoms with Crippen LogP contribution in [0.4, 0.5) is 5.69 Å². The molecule has 0 fully saturated rings. The molecule has 0 aliphatic carbocycles. The number of amides is 1. The molecule has 3 nitrogen and oxygen atoms in total. The maximum atomic E-state index is 12.6. The summed E-state index contributed by atoms with van der Waals surface area (Å²) in [5, 5.41) is 2.86. The van der Waals surface area contributed by atoms with Gasteiger partial charge in [-0.1, -0.05) is 48.5 Å². The molecule has 112 valence electrons. The Morgan fingerprint density at radius 1 is 0.783 bits per heavy atom. The molecule has 0 heterocycles. The van der Waals surface area contributed by atoms with Crippen molar-refractivity contribution in [3.63, 3.8) is 0 Å². The fourth-order valence-electron chi connectivity index (χ4n) is 2.39. The first kappa shape index (κ1) is 14.7. The van der Waals surface area contributed by atoms with E-state index < -0.39 is 0 Å². The van der Waals surface area contributed by atoms with Crippen LogP contribution in [0, 0.1) is 0 Å². The summed E-state index contributed by atoms with van der Waals surface area (Å²) in [5.41, 5.74) is 3.72. The van der Waals surface area contributed by atoms with E-state index in [2.05, 4.69) is 5.32 Å². The van der Waals surface area contributed by atoms with Crippen LogP contribution < -0.4 is 5.32 Å². The van der Waals surface area contributed by atoms with Crippen molar-refractivity contribution in [3.8, 4) is 11.1 Å². The average molecular weight is 301 g/mol. The molecular formula is C20H15NO2. The maximum Gasteiger partial charge on any atom is 0.256 e. The van der Waals surface area contributed by atoms with Gasteiger partial charge in [-0.05, 0) is 41.5 Å². The number of hydrogen-bond donors (Lipinski definition) is 1. The zero-order valence-electron chi connectivity index (χ0n) is 12.4. The number of aldehydes is 1. The molecule has 0 aliphatic rings. The van der Waals surface area contributed by atoms with Crippen LogP contribution in [0.25, 0.3) is 11.1 Å². The highest BCUT2D eigenvalue weighted by Crippen LogP contribution is 2.24. The largest absolute Gasteiger partial charge is 0.322 e. The van der Waals surface area contributed by atoms with Crippen LogP contribution in [0.1, 0.15) is 20.7 Å². The van der Waals surface area contributed by atoms with Gasteiger partial charge < -0.3 is 5.32 Å². The number of carbonyl (C=O) groups is 2. The Hall–Kier alpha value is -3.20. The molecule has 3 aromatic carbocycles. The third kappa shape index (κ3) is 3.35. The second kappa shape index (κ2) is 6.71. The predicted molar refractivity (Wildman–Crippen MR) is 91.7 cm³/mol. The number of rotatable bonds is 4. The van der Waals surface area contributed by atoms with Gasteiger partial charge in [0.05, 0.1) is 0 Å². The first-order valence-corrected chi connectivity index (χ1v) is 7.29. The van der Waals surface area contributed by atoms with Gasteiger partial charge in [-0.3, -0.25) is 9.59 Å². The van der Waals surface area contributed by atoms with Crippen LogP contribution in [-0.2, 0) is 0 Å². The Morgan fingerprint density at radius 2 is 1.43 bits per heavy atom. The molecule has 3 rings (SSSR count). The molecule has 0 spiro atoms. The second-order valence-corrected chi connectivity index (χ2v) is 5.11. The van der Waals surface area contributed by atoms with E-state index in [0.717, 1.165) is 17.4 Å². The molecule has 0 saturated carbocycles. The summed E-state index contributed by atoms with van der Waals surface area (Å²) in [7, 11) is 0. The van der Waals surface area contributed by atoms with Gasteiger partial charge in [-0.25, -0.2) is 0 Å². The van der Waals surface area contributed by atoms with E-state index in [1.807, 2.05) is 48.5 Å². The van der Waals surface area contributed by atoms with E-state index in [0.29, 0.717) is 16.8 Å². The molecule has 1 N–H and O–H groups in total. The lowest BCUT2D eigenvalue weighted by atomic mass is 9.99. The number of carbonyl (C=O) groups excluding carboxylic acids is 2. The van der Waals surface area contributed by atoms with Crippen LogP contribution in [0.2, 0.25) is 0 Å². The minimum atomic E-state index is -0.177. The lowest BCUT2D eigenvalue weighted by Crippen LogP contribution is -2.13. The van der Waals surface area contributed by atoms with Crippen molar-refractivity contribution < 1.29 is 9.59 Å². The number of nitrogens with one attached hydrogen (secondary N) is 1. The van der Waals surface area contributed by atoms with Gasteiger partial charge in [0.1, 0.15) is 6.29 Å². The zero-order chi connectivity index (χ0) is 16.1. The zero-order valence-corrected chi connectivity index (χ0v) is 12.4. The van der Waals surface area contributed by atoms with Crippen molar-refractivity contribution in [2.75, 3.05) is 5.32 Å². The summed E-state index contributed by atoms with van der Waals surface area (Å²) >= 11 is 0. The third-order valence-corrected chi connectivity index (χ3v) is 3.56. The summed E-state index contributed by atoms with van der Waals surface area (Å²) in [6, 6.07) is 24.1. The highest BCUT2D eigenvalue weighted by atomic mass is 16.1. The highest BCUT2D eigenvalue weighted by Gasteiger charge is 2.12. The van der Waals surface area contributed by atoms with Crippen molar-refractivity contribution in [3.05, 3.63) is 90.0 Å². The van der Waals surface area contributed by atoms with E-state index in [1.54, 1.807) is 30.3 Å². The van der Waals surface area contributed by atoms with E-state index in [9.17, 15) is 9.59 Å². The van der Waals surface area contributed by atoms with Crippen LogP contribution in [-0.4, -0.2) is 12.2 Å². The summed E-state index contributed by atoms with van der Waals surface area (Å²) < 4.78 is 0. The number of hydrogen-bond acceptors (Lipinski definition) is 2. The molecule has 0 aromatic heterocycles. The normalized spacial score (nSPS) is 10.1. The van der Waals surface area contributed by atoms with Crippen LogP contribution >= 0.6 is 0 Å². The second-order valence-electron chi connectivity index (χ2n) is 5.11. The van der Waals surface area contributed by atoms with Crippen molar-refractivity contribution in [1.82, 2.24) is 0 Å². The summed E-state index contributed by atoms with van der Waals surface area (Å²) in [6.07, 6.45) is 0.774. The fraction of sp³-hybridized carbons (Fsp3) is 0. The van der Waals surface area contributed by atoms with Crippen LogP contribution in [0.5, 0.6) is 0 Å². The van der Waals surface area contributed by atoms with Gasteiger partial charge in [0.2, 0.25) is 0 Å². The molecule has 0 aliphatic heterocycles. The quantitative estimate of drug-likeness (QED) is 0.725. The average Bonchev–Trinajstić information content (AvgIpc) is 2.63. The maximum absolute atomic E-state index is 12.6. The smallest absolute Gasteiger partial charge is 0.256 e. The topological polar surface area (TPSA) is 46.2 Å². The SMILES string of the molecule is O=Cc1ccc(NC(=O)c2ccccc2-c2ccccc2)cc1. The van der Waals surface area contributed by atoms with Crippen LogP contribution in [0.3, 0.4) is 0 Å². The minimum Gasteiger partial charge on any atom is -0.322 e. The monoisotopic (exact) mass is 301 g/mol. The highest BCUT2D eigenvalue weighted by molar-refractivity contribution is 6.08. The summed E-state index contributed by atoms with van der Waals surface area (Å²) in [6.45, 7) is 0. The Bertz CT molecular complexity index is 824. The number of anilines is 1. The lowest BCUT2D eigenvalue weighted by Gasteiger charge is -2.10. The molecule has 3 aromatic rings. The standard InChI is InChI=1S/C20H15NO2/c22-14-15-10-12-17(13-11-15)21-20(23)19-9-5-4-8-18(19)16-6-2-1-3-7-16/h1-14H,(H,21,23). The predicted octanol–water partition coefficient (Wildman–Crippen LogP) is 4.42. The van der Waals surface area contributed by atoms with Gasteiger partial charge in [0, 0.05) is 16.8 Å². The molecule has 23 heavy (non-hydrogen) atoms. The first-order valence-electron chi connectivity index (χ1n) is 7.29. The van der Waals surface area contributed by atoms with Gasteiger partial charge in [-0.15, -0.1) is 0 Å². The molecule has 0 unspecified atom stereocenters. The summed E-state index contributed by atoms with van der Waals surface area (Å²) in [4.78, 5) is 23.3. The van der Waals surface area contributed by atoms with E-state index in [-0.39, 0.29) is 5.91 Å². The Balaban J connectivity index is 1.89. The lowest BCUT2D eigenvalue weighted by molar-refractivity contribution is 0.102. The van der Waals surface area contributed by atoms with Gasteiger partial charge in [0.25, 0.3) is 5.91 Å². The molecule has 0 atom stereocenters. The van der Waals surface area contributed by atoms with Gasteiger partial charge >= 0.3 is 0 Å². The Kier molecular flexibility index (Phi) is 4.29. The molecule has 0 radical (unpaired) electrons.